The van der Waals surface area contributed by atoms with E-state index in [2.05, 4.69) is 30.3 Å². The van der Waals surface area contributed by atoms with E-state index in [1.54, 1.807) is 91.0 Å². The molecule has 0 aliphatic carbocycles. The van der Waals surface area contributed by atoms with Crippen molar-refractivity contribution in [1.29, 1.82) is 0 Å². The van der Waals surface area contributed by atoms with Crippen molar-refractivity contribution in [3.63, 3.8) is 0 Å². The average molecular weight is 1090 g/mol. The van der Waals surface area contributed by atoms with Crippen LogP contribution < -0.4 is 40.6 Å². The van der Waals surface area contributed by atoms with E-state index in [1.165, 1.54) is 28.9 Å². The van der Waals surface area contributed by atoms with Crippen molar-refractivity contribution in [2.45, 2.75) is 85.0 Å². The number of benzene rings is 6. The summed E-state index contributed by atoms with van der Waals surface area (Å²) in [6.45, 7) is 22.8. The molecule has 0 aliphatic rings. The predicted octanol–water partition coefficient (Wildman–Crippen LogP) is 7.79. The predicted molar refractivity (Wildman–Crippen MR) is 308 cm³/mol. The summed E-state index contributed by atoms with van der Waals surface area (Å²) in [6, 6.07) is 39.7. The molecule has 6 aromatic carbocycles. The summed E-state index contributed by atoms with van der Waals surface area (Å²) in [7, 11) is 1.30. The standard InChI is InChI=1S/C31H30N4O4.C30H28N4O4.CH4.Li.2H2O/c1-20(2)16-28(35-19-33-26-15-8-6-13-24(26)31(35)38)30(37)34-27(18-29(36)39-4)22-11-9-10-21(17-22)23-12-5-7-14-25(23)32-3;1-19(2)15-27(34-18-32-25-14-7-5-12-23(25)30(34)38)29(37)33-26(17-28(35)36)21-10-8-9-20(16-21)22-11-4-6-13-24(22)31-3;;;;/h5-15,17,19-20,27-28H,16,18H2,1-2,4H3,(H,34,37);4-14,16,18-19,26-27H,15,17H2,1-2H3,(H,33,37)(H,35,36);1H4;;2*1H2/q;;;+1;;/p-1/t27-,28-;26-,27-;;;;/m00..../s1. The molecule has 2 amide bonds. The normalized spacial score (nSPS) is 11.9. The van der Waals surface area contributed by atoms with Gasteiger partial charge in [0, 0.05) is 0 Å². The van der Waals surface area contributed by atoms with Gasteiger partial charge in [-0.15, -0.1) is 0 Å². The number of aromatic nitrogens is 4. The van der Waals surface area contributed by atoms with Crippen molar-refractivity contribution in [3.05, 3.63) is 213 Å². The van der Waals surface area contributed by atoms with Gasteiger partial charge in [0.1, 0.15) is 12.1 Å². The second-order valence-electron chi connectivity index (χ2n) is 19.2. The molecule has 6 N–H and O–H groups in total. The van der Waals surface area contributed by atoms with Gasteiger partial charge in [-0.3, -0.25) is 37.9 Å². The Morgan fingerprint density at radius 1 is 0.593 bits per heavy atom. The zero-order chi connectivity index (χ0) is 55.2. The zero-order valence-electron chi connectivity index (χ0n) is 45.2. The number of amides is 2. The Morgan fingerprint density at radius 3 is 1.36 bits per heavy atom. The minimum atomic E-state index is -1.08. The van der Waals surface area contributed by atoms with Crippen LogP contribution in [0, 0.1) is 25.0 Å². The van der Waals surface area contributed by atoms with Crippen LogP contribution in [0.1, 0.15) is 96.1 Å². The van der Waals surface area contributed by atoms with Gasteiger partial charge in [0.15, 0.2) is 11.4 Å². The van der Waals surface area contributed by atoms with E-state index in [0.717, 1.165) is 22.3 Å². The molecule has 8 rings (SSSR count). The van der Waals surface area contributed by atoms with Crippen molar-refractivity contribution in [1.82, 2.24) is 29.7 Å². The number of carboxylic acid groups (broad SMARTS) is 1. The summed E-state index contributed by atoms with van der Waals surface area (Å²) < 4.78 is 7.62. The molecule has 2 heterocycles. The first-order valence-corrected chi connectivity index (χ1v) is 25.0. The number of para-hydroxylation sites is 4. The van der Waals surface area contributed by atoms with E-state index in [9.17, 15) is 33.9 Å². The van der Waals surface area contributed by atoms with Crippen LogP contribution in [0.3, 0.4) is 0 Å². The van der Waals surface area contributed by atoms with Gasteiger partial charge in [-0.2, -0.15) is 0 Å². The Balaban J connectivity index is 0.000000405. The van der Waals surface area contributed by atoms with E-state index in [1.807, 2.05) is 82.3 Å². The number of carboxylic acids is 1. The fraction of sp³-hybridized carbons (Fsp3) is 0.258. The fourth-order valence-electron chi connectivity index (χ4n) is 9.14. The van der Waals surface area contributed by atoms with Gasteiger partial charge >= 0.3 is 30.8 Å². The SMILES string of the molecule is C.O.[C-]#[N+]c1ccccc1-c1cccc([C@H](CC(=O)O)NC(=O)[C@H](CC(C)C)n2cnc3ccccc3c2=O)c1.[C-]#[N+]c1ccccc1-c1cccc([C@H](CC(=O)OC)NC(=O)[C@H](CC(C)C)n2cnc3ccccc3c2=O)c1.[Li+].[OH-]. The van der Waals surface area contributed by atoms with Gasteiger partial charge < -0.3 is 31.4 Å². The van der Waals surface area contributed by atoms with Crippen LogP contribution in [0.4, 0.5) is 11.4 Å². The van der Waals surface area contributed by atoms with Crippen LogP contribution in [-0.4, -0.2) is 66.0 Å². The Hall–Kier alpha value is -9.02. The van der Waals surface area contributed by atoms with E-state index in [4.69, 9.17) is 17.9 Å². The van der Waals surface area contributed by atoms with E-state index in [0.29, 0.717) is 57.1 Å². The number of nitrogens with one attached hydrogen (secondary N) is 2. The molecule has 0 saturated carbocycles. The monoisotopic (exact) mass is 1090 g/mol. The topological polar surface area (TPSA) is 262 Å². The van der Waals surface area contributed by atoms with Crippen molar-refractivity contribution in [2.75, 3.05) is 7.11 Å². The number of hydrogen-bond acceptors (Lipinski definition) is 10. The number of carbonyl (C=O) groups excluding carboxylic acids is 3. The third-order valence-electron chi connectivity index (χ3n) is 12.9. The molecule has 18 nitrogen and oxygen atoms in total. The summed E-state index contributed by atoms with van der Waals surface area (Å²) in [5.74, 6) is -2.24. The quantitative estimate of drug-likeness (QED) is 0.0424. The average Bonchev–Trinajstić information content (AvgIpc) is 3.44. The van der Waals surface area contributed by atoms with Gasteiger partial charge in [-0.05, 0) is 82.3 Å². The number of fused-ring (bicyclic) bond motifs is 2. The van der Waals surface area contributed by atoms with Gasteiger partial charge in [0.05, 0.1) is 79.6 Å². The molecule has 81 heavy (non-hydrogen) atoms. The number of rotatable bonds is 18. The van der Waals surface area contributed by atoms with Crippen LogP contribution in [0.5, 0.6) is 0 Å². The molecule has 2 aromatic heterocycles. The molecule has 0 unspecified atom stereocenters. The molecule has 19 heteroatoms. The molecule has 0 saturated heterocycles. The molecule has 0 aliphatic heterocycles. The first-order chi connectivity index (χ1) is 37.1. The maximum atomic E-state index is 13.8. The van der Waals surface area contributed by atoms with Crippen molar-refractivity contribution < 1.29 is 58.8 Å². The molecule has 0 fully saturated rings. The minimum Gasteiger partial charge on any atom is -0.870 e. The number of ether oxygens (including phenoxy) is 1. The Bertz CT molecular complexity index is 3680. The number of methoxy groups -OCH3 is 1. The number of carbonyl (C=O) groups is 4. The third kappa shape index (κ3) is 16.5. The van der Waals surface area contributed by atoms with E-state index in [-0.39, 0.29) is 73.0 Å². The van der Waals surface area contributed by atoms with E-state index < -0.39 is 47.9 Å². The molecular weight excluding hydrogens is 1020 g/mol. The first-order valence-electron chi connectivity index (χ1n) is 25.0. The Morgan fingerprint density at radius 2 is 0.975 bits per heavy atom. The summed E-state index contributed by atoms with van der Waals surface area (Å²) in [5.41, 5.74) is 5.72. The fourth-order valence-corrected chi connectivity index (χ4v) is 9.14. The summed E-state index contributed by atoms with van der Waals surface area (Å²) in [6.07, 6.45) is 3.10. The van der Waals surface area contributed by atoms with E-state index >= 15 is 0 Å². The molecule has 8 aromatic rings. The molecule has 0 radical (unpaired) electrons. The molecule has 0 spiro atoms. The Labute approximate surface area is 482 Å². The van der Waals surface area contributed by atoms with Gasteiger partial charge in [0.2, 0.25) is 11.8 Å². The van der Waals surface area contributed by atoms with Crippen LogP contribution in [0.2, 0.25) is 0 Å². The van der Waals surface area contributed by atoms with Crippen LogP contribution >= 0.6 is 0 Å². The number of nitrogens with zero attached hydrogens (tertiary/aromatic N) is 6. The van der Waals surface area contributed by atoms with Crippen molar-refractivity contribution in [2.24, 2.45) is 11.8 Å². The van der Waals surface area contributed by atoms with Crippen LogP contribution in [0.15, 0.2) is 168 Å². The maximum Gasteiger partial charge on any atom is 1.00 e. The summed E-state index contributed by atoms with van der Waals surface area (Å²) in [5, 5.41) is 16.4. The molecule has 4 atom stereocenters. The molecular formula is C62H65LiN8O10. The zero-order valence-corrected chi connectivity index (χ0v) is 45.2. The third-order valence-corrected chi connectivity index (χ3v) is 12.9. The first kappa shape index (κ1) is 66.3. The summed E-state index contributed by atoms with van der Waals surface area (Å²) >= 11 is 0. The molecule has 414 valence electrons. The Kier molecular flexibility index (Phi) is 25.3. The largest absolute Gasteiger partial charge is 1.00 e. The van der Waals surface area contributed by atoms with Gasteiger partial charge in [0.25, 0.3) is 11.1 Å². The smallest absolute Gasteiger partial charge is 0.870 e. The van der Waals surface area contributed by atoms with Gasteiger partial charge in [-0.25, -0.2) is 19.7 Å². The van der Waals surface area contributed by atoms with Crippen molar-refractivity contribution >= 4 is 56.9 Å². The van der Waals surface area contributed by atoms with Crippen molar-refractivity contribution in [3.8, 4) is 22.3 Å². The number of hydrogen-bond donors (Lipinski definition) is 3. The van der Waals surface area contributed by atoms with Crippen LogP contribution in [0.25, 0.3) is 53.7 Å². The minimum absolute atomic E-state index is 0. The second-order valence-corrected chi connectivity index (χ2v) is 19.2. The number of esters is 1. The van der Waals surface area contributed by atoms with Crippen LogP contribution in [-0.2, 0) is 23.9 Å². The van der Waals surface area contributed by atoms with Gasteiger partial charge in [-0.1, -0.05) is 156 Å². The number of aliphatic carboxylic acids is 1. The summed E-state index contributed by atoms with van der Waals surface area (Å²) in [4.78, 5) is 94.2. The maximum absolute atomic E-state index is 13.8. The molecule has 0 bridgehead atoms. The second kappa shape index (κ2) is 30.9.